The van der Waals surface area contributed by atoms with Crippen molar-refractivity contribution in [1.82, 2.24) is 0 Å². The van der Waals surface area contributed by atoms with E-state index in [-0.39, 0.29) is 6.61 Å². The van der Waals surface area contributed by atoms with Crippen LogP contribution in [0.1, 0.15) is 11.1 Å². The molecule has 0 aliphatic heterocycles. The van der Waals surface area contributed by atoms with Crippen molar-refractivity contribution in [2.45, 2.75) is 6.61 Å². The Morgan fingerprint density at radius 3 is 2.81 bits per heavy atom. The lowest BCUT2D eigenvalue weighted by Gasteiger charge is -2.20. The van der Waals surface area contributed by atoms with Gasteiger partial charge in [0.15, 0.2) is 0 Å². The molecule has 1 rings (SSSR count). The Morgan fingerprint density at radius 2 is 2.25 bits per heavy atom. The molecule has 3 nitrogen and oxygen atoms in total. The van der Waals surface area contributed by atoms with Crippen LogP contribution in [0.25, 0.3) is 0 Å². The molecule has 0 aromatic heterocycles. The zero-order valence-electron chi connectivity index (χ0n) is 9.60. The van der Waals surface area contributed by atoms with E-state index in [4.69, 9.17) is 10.4 Å². The second-order valence-electron chi connectivity index (χ2n) is 3.54. The van der Waals surface area contributed by atoms with Gasteiger partial charge < -0.3 is 10.0 Å². The molecule has 0 spiro atoms. The molecule has 0 heterocycles. The molecule has 16 heavy (non-hydrogen) atoms. The summed E-state index contributed by atoms with van der Waals surface area (Å²) in [6, 6.07) is 7.66. The Labute approximate surface area is 101 Å². The molecule has 0 bridgehead atoms. The summed E-state index contributed by atoms with van der Waals surface area (Å²) in [5.41, 5.74) is 2.32. The van der Waals surface area contributed by atoms with Gasteiger partial charge in [0, 0.05) is 19.3 Å². The lowest BCUT2D eigenvalue weighted by atomic mass is 10.1. The molecule has 0 radical (unpaired) electrons. The minimum Gasteiger partial charge on any atom is -0.392 e. The van der Waals surface area contributed by atoms with Crippen LogP contribution >= 0.6 is 11.8 Å². The van der Waals surface area contributed by atoms with Crippen molar-refractivity contribution in [3.8, 4) is 6.07 Å². The van der Waals surface area contributed by atoms with E-state index in [0.29, 0.717) is 5.56 Å². The van der Waals surface area contributed by atoms with E-state index < -0.39 is 0 Å². The number of rotatable bonds is 5. The molecule has 0 saturated carbocycles. The summed E-state index contributed by atoms with van der Waals surface area (Å²) in [5.74, 6) is 1.03. The quantitative estimate of drug-likeness (QED) is 0.847. The number of thioether (sulfide) groups is 1. The molecule has 0 amide bonds. The third kappa shape index (κ3) is 3.16. The third-order valence-electron chi connectivity index (χ3n) is 2.41. The number of benzene rings is 1. The second kappa shape index (κ2) is 6.41. The van der Waals surface area contributed by atoms with Gasteiger partial charge in [0.1, 0.15) is 6.07 Å². The lowest BCUT2D eigenvalue weighted by molar-refractivity contribution is 0.282. The second-order valence-corrected chi connectivity index (χ2v) is 4.52. The van der Waals surface area contributed by atoms with Crippen LogP contribution < -0.4 is 4.90 Å². The van der Waals surface area contributed by atoms with Gasteiger partial charge in [0.05, 0.1) is 17.9 Å². The Kier molecular flexibility index (Phi) is 5.17. The number of nitriles is 1. The fourth-order valence-corrected chi connectivity index (χ4v) is 1.91. The fraction of sp³-hybridized carbons (Fsp3) is 0.417. The van der Waals surface area contributed by atoms with Gasteiger partial charge >= 0.3 is 0 Å². The van der Waals surface area contributed by atoms with E-state index in [1.165, 1.54) is 0 Å². The molecular weight excluding hydrogens is 220 g/mol. The fourth-order valence-electron chi connectivity index (χ4n) is 1.45. The van der Waals surface area contributed by atoms with E-state index in [1.54, 1.807) is 17.8 Å². The summed E-state index contributed by atoms with van der Waals surface area (Å²) in [6.45, 7) is 0.887. The predicted molar refractivity (Wildman–Crippen MR) is 68.7 cm³/mol. The van der Waals surface area contributed by atoms with Crippen molar-refractivity contribution < 1.29 is 5.11 Å². The maximum Gasteiger partial charge on any atom is 0.101 e. The number of aliphatic hydroxyl groups excluding tert-OH is 1. The van der Waals surface area contributed by atoms with Crippen molar-refractivity contribution in [3.63, 3.8) is 0 Å². The highest BCUT2D eigenvalue weighted by atomic mass is 32.2. The highest BCUT2D eigenvalue weighted by Gasteiger charge is 2.07. The molecule has 0 fully saturated rings. The first-order valence-electron chi connectivity index (χ1n) is 5.07. The van der Waals surface area contributed by atoms with Crippen molar-refractivity contribution in [1.29, 1.82) is 5.26 Å². The predicted octanol–water partition coefficient (Wildman–Crippen LogP) is 1.85. The number of hydrogen-bond donors (Lipinski definition) is 1. The van der Waals surface area contributed by atoms with E-state index in [1.807, 2.05) is 19.2 Å². The van der Waals surface area contributed by atoms with Gasteiger partial charge in [-0.25, -0.2) is 0 Å². The summed E-state index contributed by atoms with van der Waals surface area (Å²) >= 11 is 1.78. The maximum atomic E-state index is 9.05. The molecule has 0 saturated heterocycles. The Bertz CT molecular complexity index is 387. The lowest BCUT2D eigenvalue weighted by Crippen LogP contribution is -2.21. The summed E-state index contributed by atoms with van der Waals surface area (Å²) in [7, 11) is 1.98. The van der Waals surface area contributed by atoms with Gasteiger partial charge in [-0.05, 0) is 24.0 Å². The molecule has 1 N–H and O–H groups in total. The van der Waals surface area contributed by atoms with Crippen molar-refractivity contribution >= 4 is 17.4 Å². The van der Waals surface area contributed by atoms with Crippen LogP contribution in [0.5, 0.6) is 0 Å². The molecule has 1 aromatic rings. The first-order chi connectivity index (χ1) is 7.72. The van der Waals surface area contributed by atoms with Crippen molar-refractivity contribution in [2.24, 2.45) is 0 Å². The van der Waals surface area contributed by atoms with E-state index >= 15 is 0 Å². The van der Waals surface area contributed by atoms with Gasteiger partial charge in [-0.3, -0.25) is 0 Å². The highest BCUT2D eigenvalue weighted by molar-refractivity contribution is 7.98. The van der Waals surface area contributed by atoms with Crippen LogP contribution in [0, 0.1) is 11.3 Å². The van der Waals surface area contributed by atoms with Gasteiger partial charge in [-0.15, -0.1) is 0 Å². The van der Waals surface area contributed by atoms with E-state index in [2.05, 4.69) is 17.2 Å². The molecule has 0 unspecified atom stereocenters. The smallest absolute Gasteiger partial charge is 0.101 e. The number of hydrogen-bond acceptors (Lipinski definition) is 4. The number of anilines is 1. The molecule has 0 aliphatic carbocycles. The Hall–Kier alpha value is -1.18. The SMILES string of the molecule is CSCCN(C)c1ccc(CO)cc1C#N. The Balaban J connectivity index is 2.91. The van der Waals surface area contributed by atoms with Crippen LogP contribution in [0.2, 0.25) is 0 Å². The van der Waals surface area contributed by atoms with E-state index in [9.17, 15) is 0 Å². The standard InChI is InChI=1S/C12H16N2OS/c1-14(5-6-16-2)12-4-3-10(9-15)7-11(12)8-13/h3-4,7,15H,5-6,9H2,1-2H3. The maximum absolute atomic E-state index is 9.05. The minimum atomic E-state index is -0.0243. The molecule has 0 aliphatic rings. The molecule has 86 valence electrons. The topological polar surface area (TPSA) is 47.3 Å². The van der Waals surface area contributed by atoms with Crippen LogP contribution in [-0.4, -0.2) is 30.7 Å². The van der Waals surface area contributed by atoms with Crippen LogP contribution in [0.15, 0.2) is 18.2 Å². The monoisotopic (exact) mass is 236 g/mol. The first kappa shape index (κ1) is 12.9. The van der Waals surface area contributed by atoms with Crippen molar-refractivity contribution in [2.75, 3.05) is 30.5 Å². The molecule has 1 aromatic carbocycles. The average molecular weight is 236 g/mol. The summed E-state index contributed by atoms with van der Waals surface area (Å²) in [4.78, 5) is 2.07. The zero-order valence-corrected chi connectivity index (χ0v) is 10.4. The average Bonchev–Trinajstić information content (AvgIpc) is 2.34. The van der Waals surface area contributed by atoms with Crippen LogP contribution in [0.4, 0.5) is 5.69 Å². The van der Waals surface area contributed by atoms with Crippen molar-refractivity contribution in [3.05, 3.63) is 29.3 Å². The number of aliphatic hydroxyl groups is 1. The summed E-state index contributed by atoms with van der Waals surface area (Å²) in [6.07, 6.45) is 2.06. The highest BCUT2D eigenvalue weighted by Crippen LogP contribution is 2.20. The minimum absolute atomic E-state index is 0.0243. The largest absolute Gasteiger partial charge is 0.392 e. The Morgan fingerprint density at radius 1 is 1.50 bits per heavy atom. The van der Waals surface area contributed by atoms with Gasteiger partial charge in [-0.1, -0.05) is 6.07 Å². The molecular formula is C12H16N2OS. The normalized spacial score (nSPS) is 9.88. The van der Waals surface area contributed by atoms with Crippen LogP contribution in [-0.2, 0) is 6.61 Å². The van der Waals surface area contributed by atoms with Gasteiger partial charge in [0.25, 0.3) is 0 Å². The summed E-state index contributed by atoms with van der Waals surface area (Å²) in [5, 5.41) is 18.1. The van der Waals surface area contributed by atoms with Gasteiger partial charge in [-0.2, -0.15) is 17.0 Å². The summed E-state index contributed by atoms with van der Waals surface area (Å²) < 4.78 is 0. The first-order valence-corrected chi connectivity index (χ1v) is 6.46. The van der Waals surface area contributed by atoms with Crippen LogP contribution in [0.3, 0.4) is 0 Å². The molecule has 4 heteroatoms. The third-order valence-corrected chi connectivity index (χ3v) is 3.00. The van der Waals surface area contributed by atoms with Gasteiger partial charge in [0.2, 0.25) is 0 Å². The number of nitrogens with zero attached hydrogens (tertiary/aromatic N) is 2. The zero-order chi connectivity index (χ0) is 12.0. The molecule has 0 atom stereocenters. The van der Waals surface area contributed by atoms with E-state index in [0.717, 1.165) is 23.5 Å².